The molecule has 8 heteroatoms. The van der Waals surface area contributed by atoms with Crippen LogP contribution in [0.4, 0.5) is 27.6 Å². The maximum Gasteiger partial charge on any atom is 0.416 e. The van der Waals surface area contributed by atoms with Crippen LogP contribution in [-0.4, -0.2) is 24.4 Å². The Labute approximate surface area is 147 Å². The Kier molecular flexibility index (Phi) is 6.31. The molecule has 2 rings (SSSR count). The van der Waals surface area contributed by atoms with Crippen molar-refractivity contribution in [3.05, 3.63) is 65.2 Å². The van der Waals surface area contributed by atoms with Gasteiger partial charge < -0.3 is 10.2 Å². The molecule has 1 amide bonds. The van der Waals surface area contributed by atoms with E-state index in [1.165, 1.54) is 24.3 Å². The summed E-state index contributed by atoms with van der Waals surface area (Å²) in [6.07, 6.45) is -4.45. The van der Waals surface area contributed by atoms with Crippen molar-refractivity contribution < 1.29 is 26.7 Å². The number of amides is 1. The molecule has 0 aliphatic carbocycles. The molecule has 2 aromatic rings. The lowest BCUT2D eigenvalue weighted by atomic mass is 10.1. The van der Waals surface area contributed by atoms with E-state index in [0.717, 1.165) is 18.2 Å². The molecular formula is C18H17F5N2O. The van der Waals surface area contributed by atoms with E-state index in [4.69, 9.17) is 0 Å². The second kappa shape index (κ2) is 8.27. The molecular weight excluding hydrogens is 355 g/mol. The summed E-state index contributed by atoms with van der Waals surface area (Å²) in [5, 5.41) is 2.41. The number of carbonyl (C=O) groups is 1. The molecule has 0 fully saturated rings. The lowest BCUT2D eigenvalue weighted by Gasteiger charge is -2.19. The van der Waals surface area contributed by atoms with E-state index in [9.17, 15) is 26.7 Å². The zero-order valence-electron chi connectivity index (χ0n) is 13.9. The summed E-state index contributed by atoms with van der Waals surface area (Å²) < 4.78 is 64.9. The fraction of sp³-hybridized carbons (Fsp3) is 0.278. The Morgan fingerprint density at radius 3 is 2.42 bits per heavy atom. The Bertz CT molecular complexity index is 776. The molecule has 0 radical (unpaired) electrons. The summed E-state index contributed by atoms with van der Waals surface area (Å²) in [6.45, 7) is 0.218. The molecule has 1 N–H and O–H groups in total. The number of nitrogens with one attached hydrogen (secondary N) is 1. The molecule has 26 heavy (non-hydrogen) atoms. The van der Waals surface area contributed by atoms with E-state index >= 15 is 0 Å². The van der Waals surface area contributed by atoms with Gasteiger partial charge in [-0.3, -0.25) is 4.79 Å². The van der Waals surface area contributed by atoms with Crippen molar-refractivity contribution in [1.29, 1.82) is 0 Å². The highest BCUT2D eigenvalue weighted by atomic mass is 19.4. The highest BCUT2D eigenvalue weighted by molar-refractivity contribution is 5.90. The summed E-state index contributed by atoms with van der Waals surface area (Å²) in [5.74, 6) is -2.55. The van der Waals surface area contributed by atoms with Crippen LogP contribution in [0.25, 0.3) is 0 Å². The van der Waals surface area contributed by atoms with Crippen LogP contribution in [0.5, 0.6) is 0 Å². The van der Waals surface area contributed by atoms with Crippen molar-refractivity contribution in [3.63, 3.8) is 0 Å². The van der Waals surface area contributed by atoms with E-state index in [1.54, 1.807) is 11.9 Å². The SMILES string of the molecule is CN(CCC(=O)Nc1ccc(F)c(F)c1)Cc1ccccc1C(F)(F)F. The van der Waals surface area contributed by atoms with Crippen LogP contribution < -0.4 is 5.32 Å². The second-order valence-electron chi connectivity index (χ2n) is 5.82. The van der Waals surface area contributed by atoms with Gasteiger partial charge in [0.25, 0.3) is 0 Å². The van der Waals surface area contributed by atoms with Crippen LogP contribution in [0.3, 0.4) is 0 Å². The number of benzene rings is 2. The lowest BCUT2D eigenvalue weighted by molar-refractivity contribution is -0.138. The van der Waals surface area contributed by atoms with Crippen molar-refractivity contribution in [2.75, 3.05) is 18.9 Å². The van der Waals surface area contributed by atoms with Gasteiger partial charge in [-0.25, -0.2) is 8.78 Å². The van der Waals surface area contributed by atoms with Gasteiger partial charge in [0.05, 0.1) is 5.56 Å². The van der Waals surface area contributed by atoms with Crippen LogP contribution in [0, 0.1) is 11.6 Å². The minimum atomic E-state index is -4.44. The summed E-state index contributed by atoms with van der Waals surface area (Å²) in [6, 6.07) is 8.22. The van der Waals surface area contributed by atoms with Gasteiger partial charge in [0.1, 0.15) is 0 Å². The van der Waals surface area contributed by atoms with E-state index in [-0.39, 0.29) is 30.8 Å². The summed E-state index contributed by atoms with van der Waals surface area (Å²) in [7, 11) is 1.60. The van der Waals surface area contributed by atoms with Crippen molar-refractivity contribution in [2.45, 2.75) is 19.1 Å². The summed E-state index contributed by atoms with van der Waals surface area (Å²) in [5.41, 5.74) is -0.486. The number of rotatable bonds is 6. The quantitative estimate of drug-likeness (QED) is 0.760. The zero-order chi connectivity index (χ0) is 19.3. The van der Waals surface area contributed by atoms with Crippen molar-refractivity contribution in [1.82, 2.24) is 4.90 Å². The topological polar surface area (TPSA) is 32.3 Å². The van der Waals surface area contributed by atoms with Crippen LogP contribution in [-0.2, 0) is 17.5 Å². The molecule has 0 spiro atoms. The highest BCUT2D eigenvalue weighted by Crippen LogP contribution is 2.32. The number of hydrogen-bond acceptors (Lipinski definition) is 2. The molecule has 0 unspecified atom stereocenters. The van der Waals surface area contributed by atoms with Gasteiger partial charge >= 0.3 is 6.18 Å². The summed E-state index contributed by atoms with van der Waals surface area (Å²) in [4.78, 5) is 13.4. The molecule has 0 saturated heterocycles. The Balaban J connectivity index is 1.90. The van der Waals surface area contributed by atoms with Crippen LogP contribution in [0.2, 0.25) is 0 Å². The first-order valence-corrected chi connectivity index (χ1v) is 7.75. The number of hydrogen-bond donors (Lipinski definition) is 1. The Hall–Kier alpha value is -2.48. The lowest BCUT2D eigenvalue weighted by Crippen LogP contribution is -2.25. The van der Waals surface area contributed by atoms with Gasteiger partial charge in [-0.05, 0) is 30.8 Å². The standard InChI is InChI=1S/C18H17F5N2O/c1-25(11-12-4-2-3-5-14(12)18(21,22)23)9-8-17(26)24-13-6-7-15(19)16(20)10-13/h2-7,10H,8-9,11H2,1H3,(H,24,26). The molecule has 3 nitrogen and oxygen atoms in total. The first-order chi connectivity index (χ1) is 12.2. The number of nitrogens with zero attached hydrogens (tertiary/aromatic N) is 1. The molecule has 0 aliphatic heterocycles. The third-order valence-electron chi connectivity index (χ3n) is 3.69. The van der Waals surface area contributed by atoms with E-state index in [2.05, 4.69) is 5.32 Å². The predicted octanol–water partition coefficient (Wildman–Crippen LogP) is 4.44. The van der Waals surface area contributed by atoms with Crippen molar-refractivity contribution >= 4 is 11.6 Å². The monoisotopic (exact) mass is 372 g/mol. The van der Waals surface area contributed by atoms with Gasteiger partial charge in [-0.15, -0.1) is 0 Å². The Morgan fingerprint density at radius 1 is 1.08 bits per heavy atom. The maximum atomic E-state index is 13.1. The number of carbonyl (C=O) groups excluding carboxylic acids is 1. The first kappa shape index (κ1) is 19.8. The average Bonchev–Trinajstić information content (AvgIpc) is 2.56. The third kappa shape index (κ3) is 5.52. The molecule has 0 aliphatic rings. The fourth-order valence-electron chi connectivity index (χ4n) is 2.39. The van der Waals surface area contributed by atoms with E-state index in [1.807, 2.05) is 0 Å². The zero-order valence-corrected chi connectivity index (χ0v) is 13.9. The minimum Gasteiger partial charge on any atom is -0.326 e. The van der Waals surface area contributed by atoms with Gasteiger partial charge in [0.2, 0.25) is 5.91 Å². The Morgan fingerprint density at radius 2 is 1.77 bits per heavy atom. The number of anilines is 1. The first-order valence-electron chi connectivity index (χ1n) is 7.75. The predicted molar refractivity (Wildman–Crippen MR) is 87.4 cm³/mol. The normalized spacial score (nSPS) is 11.7. The van der Waals surface area contributed by atoms with E-state index < -0.39 is 29.3 Å². The third-order valence-corrected chi connectivity index (χ3v) is 3.69. The molecule has 0 aromatic heterocycles. The van der Waals surface area contributed by atoms with Gasteiger partial charge in [0, 0.05) is 31.3 Å². The van der Waals surface area contributed by atoms with Crippen molar-refractivity contribution in [3.8, 4) is 0 Å². The second-order valence-corrected chi connectivity index (χ2v) is 5.82. The van der Waals surface area contributed by atoms with Gasteiger partial charge in [-0.1, -0.05) is 18.2 Å². The van der Waals surface area contributed by atoms with Crippen LogP contribution in [0.15, 0.2) is 42.5 Å². The highest BCUT2D eigenvalue weighted by Gasteiger charge is 2.32. The largest absolute Gasteiger partial charge is 0.416 e. The molecule has 0 atom stereocenters. The van der Waals surface area contributed by atoms with Crippen LogP contribution in [0.1, 0.15) is 17.5 Å². The van der Waals surface area contributed by atoms with Gasteiger partial charge in [0.15, 0.2) is 11.6 Å². The minimum absolute atomic E-state index is 0.0102. The molecule has 0 bridgehead atoms. The fourth-order valence-corrected chi connectivity index (χ4v) is 2.39. The maximum absolute atomic E-state index is 13.1. The molecule has 140 valence electrons. The van der Waals surface area contributed by atoms with E-state index in [0.29, 0.717) is 0 Å². The average molecular weight is 372 g/mol. The van der Waals surface area contributed by atoms with Gasteiger partial charge in [-0.2, -0.15) is 13.2 Å². The number of halogens is 5. The smallest absolute Gasteiger partial charge is 0.326 e. The molecule has 2 aromatic carbocycles. The molecule has 0 saturated carbocycles. The van der Waals surface area contributed by atoms with Crippen LogP contribution >= 0.6 is 0 Å². The summed E-state index contributed by atoms with van der Waals surface area (Å²) >= 11 is 0. The number of alkyl halides is 3. The molecule has 0 heterocycles. The van der Waals surface area contributed by atoms with Crippen molar-refractivity contribution in [2.24, 2.45) is 0 Å².